The topological polar surface area (TPSA) is 110 Å². The van der Waals surface area contributed by atoms with Crippen LogP contribution in [0.2, 0.25) is 0 Å². The Morgan fingerprint density at radius 1 is 0.643 bits per heavy atom. The first-order chi connectivity index (χ1) is 20.0. The van der Waals surface area contributed by atoms with Crippen molar-refractivity contribution in [1.82, 2.24) is 10.2 Å². The van der Waals surface area contributed by atoms with E-state index in [9.17, 15) is 21.6 Å². The maximum Gasteiger partial charge on any atom is 0.407 e. The molecule has 252 valence electrons. The molecule has 1 N–H and O–H groups in total. The molecule has 0 radical (unpaired) electrons. The van der Waals surface area contributed by atoms with Gasteiger partial charge in [0.25, 0.3) is 0 Å². The van der Waals surface area contributed by atoms with Crippen LogP contribution in [0.1, 0.15) is 142 Å². The van der Waals surface area contributed by atoms with Gasteiger partial charge >= 0.3 is 6.09 Å². The molecule has 8 nitrogen and oxygen atoms in total. The zero-order chi connectivity index (χ0) is 31.5. The zero-order valence-electron chi connectivity index (χ0n) is 27.7. The fourth-order valence-electron chi connectivity index (χ4n) is 4.99. The number of ether oxygens (including phenoxy) is 1. The Balaban J connectivity index is 4.71. The molecule has 0 aliphatic carbocycles. The van der Waals surface area contributed by atoms with E-state index in [4.69, 9.17) is 4.74 Å². The molecule has 0 saturated heterocycles. The number of amides is 1. The Labute approximate surface area is 260 Å². The summed E-state index contributed by atoms with van der Waals surface area (Å²) in [5.41, 5.74) is 0. The molecule has 1 atom stereocenters. The van der Waals surface area contributed by atoms with Crippen molar-refractivity contribution < 1.29 is 26.4 Å². The summed E-state index contributed by atoms with van der Waals surface area (Å²) in [5, 5.41) is 1.36. The lowest BCUT2D eigenvalue weighted by atomic mass is 10.1. The number of alkyl carbamates (subject to hydrolysis) is 1. The number of unbranched alkanes of at least 4 members (excludes halogenated alkanes) is 18. The van der Waals surface area contributed by atoms with Gasteiger partial charge < -0.3 is 15.0 Å². The average Bonchev–Trinajstić information content (AvgIpc) is 2.92. The summed E-state index contributed by atoms with van der Waals surface area (Å²) in [4.78, 5) is 14.0. The van der Waals surface area contributed by atoms with Gasteiger partial charge in [-0.2, -0.15) is 0 Å². The van der Waals surface area contributed by atoms with E-state index < -0.39 is 43.4 Å². The van der Waals surface area contributed by atoms with Crippen molar-refractivity contribution in [3.63, 3.8) is 0 Å². The molecule has 0 aliphatic heterocycles. The summed E-state index contributed by atoms with van der Waals surface area (Å²) in [7, 11) is -3.58. The lowest BCUT2D eigenvalue weighted by Gasteiger charge is -2.19. The van der Waals surface area contributed by atoms with Gasteiger partial charge in [0.1, 0.15) is 11.9 Å². The number of hydrogen-bond acceptors (Lipinski definition) is 7. The summed E-state index contributed by atoms with van der Waals surface area (Å²) >= 11 is 0. The van der Waals surface area contributed by atoms with Gasteiger partial charge in [0.2, 0.25) is 0 Å². The molecule has 0 fully saturated rings. The first kappa shape index (κ1) is 41.1. The molecule has 1 amide bonds. The third-order valence-corrected chi connectivity index (χ3v) is 12.0. The fourth-order valence-corrected chi connectivity index (χ4v) is 9.13. The van der Waals surface area contributed by atoms with Crippen LogP contribution in [0.5, 0.6) is 0 Å². The van der Waals surface area contributed by atoms with Gasteiger partial charge in [0.05, 0.1) is 17.3 Å². The minimum atomic E-state index is -3.74. The van der Waals surface area contributed by atoms with E-state index in [2.05, 4.69) is 19.2 Å². The quantitative estimate of drug-likeness (QED) is 0.0821. The van der Waals surface area contributed by atoms with E-state index in [1.54, 1.807) is 0 Å². The molecular weight excluding hydrogens is 572 g/mol. The second-order valence-corrected chi connectivity index (χ2v) is 16.9. The highest BCUT2D eigenvalue weighted by Crippen LogP contribution is 2.16. The van der Waals surface area contributed by atoms with Crippen LogP contribution in [0.15, 0.2) is 0 Å². The molecule has 0 spiro atoms. The molecule has 0 heterocycles. The van der Waals surface area contributed by atoms with Gasteiger partial charge in [-0.05, 0) is 26.9 Å². The van der Waals surface area contributed by atoms with E-state index in [1.165, 1.54) is 77.0 Å². The van der Waals surface area contributed by atoms with Crippen molar-refractivity contribution in [1.29, 1.82) is 0 Å². The smallest absolute Gasteiger partial charge is 0.407 e. The van der Waals surface area contributed by atoms with Crippen LogP contribution in [0.4, 0.5) is 4.79 Å². The SMILES string of the molecule is CCCCCCCCCCCCS(=O)(=O)CC(COC(=O)NCCN(C)C)S(=O)(=O)CCCCCCCCCCCC. The first-order valence-electron chi connectivity index (χ1n) is 17.0. The third-order valence-electron chi connectivity index (χ3n) is 7.77. The number of likely N-dealkylation sites (N-methyl/N-ethyl adjacent to an activating group) is 1. The highest BCUT2D eigenvalue weighted by molar-refractivity contribution is 7.95. The van der Waals surface area contributed by atoms with E-state index in [-0.39, 0.29) is 11.5 Å². The lowest BCUT2D eigenvalue weighted by molar-refractivity contribution is 0.146. The minimum Gasteiger partial charge on any atom is -0.448 e. The molecule has 10 heteroatoms. The van der Waals surface area contributed by atoms with Gasteiger partial charge in [-0.15, -0.1) is 0 Å². The minimum absolute atomic E-state index is 0.0250. The van der Waals surface area contributed by atoms with Crippen LogP contribution < -0.4 is 5.32 Å². The largest absolute Gasteiger partial charge is 0.448 e. The Morgan fingerprint density at radius 2 is 1.05 bits per heavy atom. The second kappa shape index (κ2) is 26.5. The summed E-state index contributed by atoms with van der Waals surface area (Å²) < 4.78 is 57.5. The standard InChI is InChI=1S/C32H66N2O6S2/c1-5-7-9-11-13-15-17-19-21-23-27-41(36,37)30-31(29-40-32(35)33-25-26-34(3)4)42(38,39)28-24-22-20-18-16-14-12-10-8-6-2/h31H,5-30H2,1-4H3,(H,33,35). The predicted octanol–water partition coefficient (Wildman–Crippen LogP) is 7.31. The van der Waals surface area contributed by atoms with Crippen LogP contribution in [-0.4, -0.2) is 84.1 Å². The highest BCUT2D eigenvalue weighted by atomic mass is 32.2. The number of carbonyl (C=O) groups is 1. The maximum absolute atomic E-state index is 13.2. The molecule has 0 aromatic heterocycles. The second-order valence-electron chi connectivity index (χ2n) is 12.3. The summed E-state index contributed by atoms with van der Waals surface area (Å²) in [5.74, 6) is -0.591. The normalized spacial score (nSPS) is 13.0. The van der Waals surface area contributed by atoms with Crippen molar-refractivity contribution in [2.24, 2.45) is 0 Å². The summed E-state index contributed by atoms with van der Waals surface area (Å²) in [6.45, 7) is 4.95. The van der Waals surface area contributed by atoms with Crippen molar-refractivity contribution in [3.05, 3.63) is 0 Å². The monoisotopic (exact) mass is 638 g/mol. The van der Waals surface area contributed by atoms with Crippen LogP contribution in [0.3, 0.4) is 0 Å². The molecule has 0 aliphatic rings. The Bertz CT molecular complexity index is 847. The van der Waals surface area contributed by atoms with Gasteiger partial charge in [-0.1, -0.05) is 129 Å². The van der Waals surface area contributed by atoms with Crippen LogP contribution in [0, 0.1) is 0 Å². The van der Waals surface area contributed by atoms with E-state index in [0.717, 1.165) is 38.5 Å². The van der Waals surface area contributed by atoms with Crippen molar-refractivity contribution >= 4 is 25.8 Å². The summed E-state index contributed by atoms with van der Waals surface area (Å²) in [6.07, 6.45) is 21.1. The number of nitrogens with one attached hydrogen (secondary N) is 1. The number of rotatable bonds is 30. The molecule has 0 aromatic carbocycles. The molecule has 0 bridgehead atoms. The van der Waals surface area contributed by atoms with Gasteiger partial charge in [0.15, 0.2) is 19.7 Å². The van der Waals surface area contributed by atoms with Crippen LogP contribution >= 0.6 is 0 Å². The Morgan fingerprint density at radius 3 is 1.48 bits per heavy atom. The first-order valence-corrected chi connectivity index (χ1v) is 20.5. The van der Waals surface area contributed by atoms with Gasteiger partial charge in [-0.3, -0.25) is 0 Å². The molecule has 0 aromatic rings. The Hall–Kier alpha value is -0.870. The summed E-state index contributed by atoms with van der Waals surface area (Å²) in [6, 6.07) is 0. The number of nitrogens with zero attached hydrogens (tertiary/aromatic N) is 1. The number of hydrogen-bond donors (Lipinski definition) is 1. The highest BCUT2D eigenvalue weighted by Gasteiger charge is 2.31. The van der Waals surface area contributed by atoms with Crippen LogP contribution in [0.25, 0.3) is 0 Å². The number of sulfone groups is 2. The number of carbonyl (C=O) groups excluding carboxylic acids is 1. The van der Waals surface area contributed by atoms with Crippen molar-refractivity contribution in [3.8, 4) is 0 Å². The van der Waals surface area contributed by atoms with E-state index in [0.29, 0.717) is 25.9 Å². The molecular formula is C32H66N2O6S2. The molecule has 0 rings (SSSR count). The molecule has 1 unspecified atom stereocenters. The predicted molar refractivity (Wildman–Crippen MR) is 178 cm³/mol. The molecule has 0 saturated carbocycles. The fraction of sp³-hybridized carbons (Fsp3) is 0.969. The van der Waals surface area contributed by atoms with Gasteiger partial charge in [-0.25, -0.2) is 21.6 Å². The third kappa shape index (κ3) is 25.6. The average molecular weight is 639 g/mol. The lowest BCUT2D eigenvalue weighted by Crippen LogP contribution is -2.39. The van der Waals surface area contributed by atoms with Crippen LogP contribution in [-0.2, 0) is 24.4 Å². The van der Waals surface area contributed by atoms with Crippen molar-refractivity contribution in [2.75, 3.05) is 51.1 Å². The van der Waals surface area contributed by atoms with E-state index >= 15 is 0 Å². The van der Waals surface area contributed by atoms with Crippen molar-refractivity contribution in [2.45, 2.75) is 148 Å². The van der Waals surface area contributed by atoms with Gasteiger partial charge in [0, 0.05) is 13.1 Å². The van der Waals surface area contributed by atoms with E-state index in [1.807, 2.05) is 19.0 Å². The maximum atomic E-state index is 13.2. The Kier molecular flexibility index (Phi) is 26.0. The zero-order valence-corrected chi connectivity index (χ0v) is 29.3. The molecule has 42 heavy (non-hydrogen) atoms.